The van der Waals surface area contributed by atoms with Gasteiger partial charge in [0.05, 0.1) is 18.2 Å². The third-order valence-electron chi connectivity index (χ3n) is 2.76. The Morgan fingerprint density at radius 2 is 2.00 bits per heavy atom. The van der Waals surface area contributed by atoms with Crippen molar-refractivity contribution >= 4 is 0 Å². The van der Waals surface area contributed by atoms with E-state index in [-0.39, 0.29) is 17.1 Å². The summed E-state index contributed by atoms with van der Waals surface area (Å²) in [6.07, 6.45) is 0. The maximum atomic E-state index is 5.82. The summed E-state index contributed by atoms with van der Waals surface area (Å²) in [5.74, 6) is 0. The molecule has 0 aromatic rings. The lowest BCUT2D eigenvalue weighted by atomic mass is 9.70. The Morgan fingerprint density at radius 3 is 2.00 bits per heavy atom. The second-order valence-electron chi connectivity index (χ2n) is 4.27. The summed E-state index contributed by atoms with van der Waals surface area (Å²) >= 11 is 0. The first-order valence-electron chi connectivity index (χ1n) is 3.77. The molecule has 2 unspecified atom stereocenters. The predicted octanol–water partition coefficient (Wildman–Crippen LogP) is 1.15. The molecule has 0 aromatic carbocycles. The van der Waals surface area contributed by atoms with E-state index < -0.39 is 0 Å². The molecular formula is C8H17NO. The average Bonchev–Trinajstić information content (AvgIpc) is 1.80. The third kappa shape index (κ3) is 0.867. The topological polar surface area (TPSA) is 35.2 Å². The van der Waals surface area contributed by atoms with E-state index in [0.29, 0.717) is 6.61 Å². The van der Waals surface area contributed by atoms with Crippen LogP contribution in [0.2, 0.25) is 0 Å². The first kappa shape index (κ1) is 8.02. The molecule has 1 aliphatic rings. The second-order valence-corrected chi connectivity index (χ2v) is 4.27. The maximum Gasteiger partial charge on any atom is 0.0875 e. The first-order chi connectivity index (χ1) is 4.38. The minimum Gasteiger partial charge on any atom is -0.371 e. The molecule has 0 aromatic heterocycles. The summed E-state index contributed by atoms with van der Waals surface area (Å²) in [4.78, 5) is 0. The van der Waals surface area contributed by atoms with Crippen LogP contribution in [0.5, 0.6) is 0 Å². The van der Waals surface area contributed by atoms with Gasteiger partial charge in [0.2, 0.25) is 0 Å². The summed E-state index contributed by atoms with van der Waals surface area (Å²) in [5, 5.41) is 0. The van der Waals surface area contributed by atoms with Crippen molar-refractivity contribution in [3.8, 4) is 0 Å². The molecule has 0 bridgehead atoms. The highest BCUT2D eigenvalue weighted by Crippen LogP contribution is 2.41. The van der Waals surface area contributed by atoms with E-state index >= 15 is 0 Å². The summed E-state index contributed by atoms with van der Waals surface area (Å²) in [6.45, 7) is 9.28. The van der Waals surface area contributed by atoms with Crippen LogP contribution in [0.4, 0.5) is 0 Å². The summed E-state index contributed by atoms with van der Waals surface area (Å²) in [5.41, 5.74) is 5.87. The van der Waals surface area contributed by atoms with Crippen molar-refractivity contribution in [1.29, 1.82) is 0 Å². The van der Waals surface area contributed by atoms with Crippen molar-refractivity contribution in [2.45, 2.75) is 39.3 Å². The lowest BCUT2D eigenvalue weighted by Gasteiger charge is -2.53. The number of ether oxygens (including phenoxy) is 1. The molecular weight excluding hydrogens is 126 g/mol. The highest BCUT2D eigenvalue weighted by Gasteiger charge is 2.50. The van der Waals surface area contributed by atoms with Crippen molar-refractivity contribution in [2.75, 3.05) is 6.61 Å². The Labute approximate surface area is 62.7 Å². The summed E-state index contributed by atoms with van der Waals surface area (Å²) in [7, 11) is 0. The predicted molar refractivity (Wildman–Crippen MR) is 41.8 cm³/mol. The largest absolute Gasteiger partial charge is 0.371 e. The fourth-order valence-corrected chi connectivity index (χ4v) is 1.20. The SMILES string of the molecule is CC(C)(C)C1(C)OCC1N. The van der Waals surface area contributed by atoms with E-state index in [1.54, 1.807) is 0 Å². The molecule has 1 heterocycles. The molecule has 0 saturated carbocycles. The lowest BCUT2D eigenvalue weighted by Crippen LogP contribution is -2.66. The van der Waals surface area contributed by atoms with E-state index in [1.165, 1.54) is 0 Å². The molecule has 0 aliphatic carbocycles. The molecule has 0 amide bonds. The van der Waals surface area contributed by atoms with E-state index in [1.807, 2.05) is 0 Å². The molecule has 10 heavy (non-hydrogen) atoms. The van der Waals surface area contributed by atoms with Crippen LogP contribution in [0, 0.1) is 5.41 Å². The van der Waals surface area contributed by atoms with E-state index in [9.17, 15) is 0 Å². The van der Waals surface area contributed by atoms with E-state index in [2.05, 4.69) is 27.7 Å². The zero-order valence-corrected chi connectivity index (χ0v) is 7.27. The van der Waals surface area contributed by atoms with Crippen LogP contribution in [0.25, 0.3) is 0 Å². The van der Waals surface area contributed by atoms with Gasteiger partial charge in [0, 0.05) is 0 Å². The molecule has 2 atom stereocenters. The Morgan fingerprint density at radius 1 is 1.50 bits per heavy atom. The third-order valence-corrected chi connectivity index (χ3v) is 2.76. The first-order valence-corrected chi connectivity index (χ1v) is 3.77. The fraction of sp³-hybridized carbons (Fsp3) is 1.00. The minimum atomic E-state index is -0.104. The molecule has 60 valence electrons. The highest BCUT2D eigenvalue weighted by molar-refractivity contribution is 5.02. The fourth-order valence-electron chi connectivity index (χ4n) is 1.20. The van der Waals surface area contributed by atoms with Gasteiger partial charge >= 0.3 is 0 Å². The lowest BCUT2D eigenvalue weighted by molar-refractivity contribution is -0.209. The van der Waals surface area contributed by atoms with Crippen LogP contribution >= 0.6 is 0 Å². The Hall–Kier alpha value is -0.0800. The van der Waals surface area contributed by atoms with Crippen molar-refractivity contribution < 1.29 is 4.74 Å². The summed E-state index contributed by atoms with van der Waals surface area (Å²) in [6, 6.07) is 0.215. The Kier molecular flexibility index (Phi) is 1.57. The molecule has 1 aliphatic heterocycles. The molecule has 0 radical (unpaired) electrons. The minimum absolute atomic E-state index is 0.104. The van der Waals surface area contributed by atoms with Crippen molar-refractivity contribution in [1.82, 2.24) is 0 Å². The van der Waals surface area contributed by atoms with E-state index in [0.717, 1.165) is 0 Å². The molecule has 2 nitrogen and oxygen atoms in total. The van der Waals surface area contributed by atoms with Gasteiger partial charge in [0.25, 0.3) is 0 Å². The van der Waals surface area contributed by atoms with Gasteiger partial charge in [-0.3, -0.25) is 0 Å². The van der Waals surface area contributed by atoms with Crippen molar-refractivity contribution in [2.24, 2.45) is 11.1 Å². The molecule has 0 spiro atoms. The van der Waals surface area contributed by atoms with Gasteiger partial charge in [-0.2, -0.15) is 0 Å². The normalized spacial score (nSPS) is 41.1. The maximum absolute atomic E-state index is 5.82. The quantitative estimate of drug-likeness (QED) is 0.552. The van der Waals surface area contributed by atoms with Gasteiger partial charge < -0.3 is 10.5 Å². The Balaban J connectivity index is 2.70. The van der Waals surface area contributed by atoms with Gasteiger partial charge in [-0.25, -0.2) is 0 Å². The van der Waals surface area contributed by atoms with Crippen LogP contribution in [0.1, 0.15) is 27.7 Å². The van der Waals surface area contributed by atoms with Crippen LogP contribution in [0.3, 0.4) is 0 Å². The van der Waals surface area contributed by atoms with Gasteiger partial charge in [-0.15, -0.1) is 0 Å². The standard InChI is InChI=1S/C8H17NO/c1-7(2,3)8(4)6(9)5-10-8/h6H,5,9H2,1-4H3. The average molecular weight is 143 g/mol. The molecule has 1 fully saturated rings. The molecule has 1 saturated heterocycles. The summed E-state index contributed by atoms with van der Waals surface area (Å²) < 4.78 is 5.47. The number of hydrogen-bond donors (Lipinski definition) is 1. The molecule has 2 heteroatoms. The van der Waals surface area contributed by atoms with Crippen molar-refractivity contribution in [3.05, 3.63) is 0 Å². The highest BCUT2D eigenvalue weighted by atomic mass is 16.5. The number of nitrogens with two attached hydrogens (primary N) is 1. The smallest absolute Gasteiger partial charge is 0.0875 e. The van der Waals surface area contributed by atoms with Crippen LogP contribution in [-0.4, -0.2) is 18.2 Å². The van der Waals surface area contributed by atoms with Crippen LogP contribution < -0.4 is 5.73 Å². The van der Waals surface area contributed by atoms with Gasteiger partial charge in [-0.05, 0) is 12.3 Å². The number of hydrogen-bond acceptors (Lipinski definition) is 2. The van der Waals surface area contributed by atoms with Crippen LogP contribution in [0.15, 0.2) is 0 Å². The van der Waals surface area contributed by atoms with Gasteiger partial charge in [-0.1, -0.05) is 20.8 Å². The van der Waals surface area contributed by atoms with Crippen molar-refractivity contribution in [3.63, 3.8) is 0 Å². The zero-order chi connectivity index (χ0) is 7.99. The van der Waals surface area contributed by atoms with Gasteiger partial charge in [0.15, 0.2) is 0 Å². The zero-order valence-electron chi connectivity index (χ0n) is 7.27. The Bertz CT molecular complexity index is 139. The molecule has 1 rings (SSSR count). The number of rotatable bonds is 0. The molecule has 2 N–H and O–H groups in total. The van der Waals surface area contributed by atoms with Crippen LogP contribution in [-0.2, 0) is 4.74 Å². The van der Waals surface area contributed by atoms with E-state index in [4.69, 9.17) is 10.5 Å². The monoisotopic (exact) mass is 143 g/mol. The second kappa shape index (κ2) is 1.95. The van der Waals surface area contributed by atoms with Gasteiger partial charge in [0.1, 0.15) is 0 Å².